The summed E-state index contributed by atoms with van der Waals surface area (Å²) in [7, 11) is 2.12. The molecule has 1 aromatic heterocycles. The topological polar surface area (TPSA) is 49.1 Å². The first-order valence-corrected chi connectivity index (χ1v) is 6.33. The van der Waals surface area contributed by atoms with Crippen LogP contribution in [0.1, 0.15) is 29.7 Å². The molecule has 0 aromatic carbocycles. The minimum Gasteiger partial charge on any atom is -0.473 e. The van der Waals surface area contributed by atoms with Crippen LogP contribution < -0.4 is 4.74 Å². The molecule has 18 heavy (non-hydrogen) atoms. The van der Waals surface area contributed by atoms with E-state index >= 15 is 0 Å². The molecule has 1 aliphatic heterocycles. The van der Waals surface area contributed by atoms with Crippen molar-refractivity contribution >= 4 is 0 Å². The molecule has 4 nitrogen and oxygen atoms in total. The molecule has 0 unspecified atom stereocenters. The maximum Gasteiger partial charge on any atom is 0.232 e. The second-order valence-corrected chi connectivity index (χ2v) is 4.99. The van der Waals surface area contributed by atoms with Gasteiger partial charge in [-0.25, -0.2) is 4.98 Å². The van der Waals surface area contributed by atoms with Gasteiger partial charge in [0.05, 0.1) is 0 Å². The average molecular weight is 245 g/mol. The number of aryl methyl sites for hydroxylation is 2. The van der Waals surface area contributed by atoms with Crippen LogP contribution >= 0.6 is 0 Å². The second-order valence-electron chi connectivity index (χ2n) is 4.99. The largest absolute Gasteiger partial charge is 0.473 e. The summed E-state index contributed by atoms with van der Waals surface area (Å²) in [6.45, 7) is 5.93. The van der Waals surface area contributed by atoms with E-state index in [1.54, 1.807) is 0 Å². The van der Waals surface area contributed by atoms with Crippen LogP contribution in [-0.2, 0) is 0 Å². The fourth-order valence-electron chi connectivity index (χ4n) is 2.28. The molecule has 2 rings (SSSR count). The van der Waals surface area contributed by atoms with Crippen LogP contribution in [-0.4, -0.2) is 36.1 Å². The van der Waals surface area contributed by atoms with Crippen LogP contribution in [0.3, 0.4) is 0 Å². The third kappa shape index (κ3) is 2.80. The van der Waals surface area contributed by atoms with Gasteiger partial charge >= 0.3 is 0 Å². The SMILES string of the molecule is Cc1cc(C)c(C#N)c(OC2CCN(C)CC2)n1. The van der Waals surface area contributed by atoms with Gasteiger partial charge < -0.3 is 9.64 Å². The molecule has 2 heterocycles. The molecule has 0 radical (unpaired) electrons. The van der Waals surface area contributed by atoms with Gasteiger partial charge in [0.1, 0.15) is 17.7 Å². The number of likely N-dealkylation sites (tertiary alicyclic amines) is 1. The van der Waals surface area contributed by atoms with Crippen molar-refractivity contribution in [1.82, 2.24) is 9.88 Å². The number of piperidine rings is 1. The van der Waals surface area contributed by atoms with Crippen molar-refractivity contribution in [2.24, 2.45) is 0 Å². The number of hydrogen-bond donors (Lipinski definition) is 0. The summed E-state index contributed by atoms with van der Waals surface area (Å²) in [6, 6.07) is 4.11. The molecular weight excluding hydrogens is 226 g/mol. The smallest absolute Gasteiger partial charge is 0.232 e. The van der Waals surface area contributed by atoms with E-state index in [0.717, 1.165) is 37.2 Å². The number of aromatic nitrogens is 1. The lowest BCUT2D eigenvalue weighted by Gasteiger charge is -2.29. The number of ether oxygens (including phenoxy) is 1. The predicted molar refractivity (Wildman–Crippen MR) is 69.6 cm³/mol. The zero-order chi connectivity index (χ0) is 13.1. The van der Waals surface area contributed by atoms with E-state index in [1.807, 2.05) is 19.9 Å². The van der Waals surface area contributed by atoms with Gasteiger partial charge in [-0.15, -0.1) is 0 Å². The quantitative estimate of drug-likeness (QED) is 0.800. The highest BCUT2D eigenvalue weighted by molar-refractivity contribution is 5.45. The molecule has 0 spiro atoms. The molecule has 0 N–H and O–H groups in total. The molecule has 0 amide bonds. The van der Waals surface area contributed by atoms with Gasteiger partial charge in [0.15, 0.2) is 0 Å². The number of rotatable bonds is 2. The summed E-state index contributed by atoms with van der Waals surface area (Å²) in [5, 5.41) is 9.18. The van der Waals surface area contributed by atoms with Gasteiger partial charge in [-0.1, -0.05) is 0 Å². The zero-order valence-electron chi connectivity index (χ0n) is 11.2. The van der Waals surface area contributed by atoms with Crippen molar-refractivity contribution in [3.05, 3.63) is 22.9 Å². The third-order valence-corrected chi connectivity index (χ3v) is 3.37. The normalized spacial score (nSPS) is 17.4. The van der Waals surface area contributed by atoms with Crippen LogP contribution in [0.5, 0.6) is 5.88 Å². The Morgan fingerprint density at radius 2 is 2.06 bits per heavy atom. The first-order valence-electron chi connectivity index (χ1n) is 6.33. The number of hydrogen-bond acceptors (Lipinski definition) is 4. The van der Waals surface area contributed by atoms with Crippen molar-refractivity contribution < 1.29 is 4.74 Å². The Balaban J connectivity index is 2.16. The van der Waals surface area contributed by atoms with Crippen LogP contribution in [0, 0.1) is 25.2 Å². The van der Waals surface area contributed by atoms with Gasteiger partial charge in [-0.2, -0.15) is 5.26 Å². The zero-order valence-corrected chi connectivity index (χ0v) is 11.2. The summed E-state index contributed by atoms with van der Waals surface area (Å²) in [4.78, 5) is 6.65. The van der Waals surface area contributed by atoms with E-state index in [-0.39, 0.29) is 6.10 Å². The lowest BCUT2D eigenvalue weighted by molar-refractivity contribution is 0.109. The summed E-state index contributed by atoms with van der Waals surface area (Å²) < 4.78 is 5.93. The molecule has 0 atom stereocenters. The van der Waals surface area contributed by atoms with Gasteiger partial charge in [0, 0.05) is 18.8 Å². The van der Waals surface area contributed by atoms with Crippen LogP contribution in [0.15, 0.2) is 6.07 Å². The number of pyridine rings is 1. The maximum atomic E-state index is 9.18. The Bertz CT molecular complexity index is 471. The second kappa shape index (κ2) is 5.36. The van der Waals surface area contributed by atoms with Crippen molar-refractivity contribution in [2.75, 3.05) is 20.1 Å². The van der Waals surface area contributed by atoms with Crippen LogP contribution in [0.25, 0.3) is 0 Å². The minimum atomic E-state index is 0.182. The van der Waals surface area contributed by atoms with E-state index in [0.29, 0.717) is 11.4 Å². The third-order valence-electron chi connectivity index (χ3n) is 3.37. The molecule has 1 saturated heterocycles. The Labute approximate surface area is 108 Å². The summed E-state index contributed by atoms with van der Waals surface area (Å²) in [6.07, 6.45) is 2.17. The van der Waals surface area contributed by atoms with Gasteiger partial charge in [0.25, 0.3) is 0 Å². The van der Waals surface area contributed by atoms with E-state index in [4.69, 9.17) is 4.74 Å². The van der Waals surface area contributed by atoms with Crippen LogP contribution in [0.4, 0.5) is 0 Å². The van der Waals surface area contributed by atoms with Crippen molar-refractivity contribution in [2.45, 2.75) is 32.8 Å². The molecule has 0 aliphatic carbocycles. The predicted octanol–water partition coefficient (Wildman–Crippen LogP) is 2.04. The molecule has 1 fully saturated rings. The van der Waals surface area contributed by atoms with Gasteiger partial charge in [-0.05, 0) is 45.4 Å². The molecule has 1 aromatic rings. The summed E-state index contributed by atoms with van der Waals surface area (Å²) in [5.41, 5.74) is 2.40. The van der Waals surface area contributed by atoms with Crippen molar-refractivity contribution in [3.63, 3.8) is 0 Å². The summed E-state index contributed by atoms with van der Waals surface area (Å²) in [5.74, 6) is 0.504. The van der Waals surface area contributed by atoms with E-state index in [1.165, 1.54) is 0 Å². The Hall–Kier alpha value is -1.60. The van der Waals surface area contributed by atoms with E-state index in [2.05, 4.69) is 23.0 Å². The van der Waals surface area contributed by atoms with Crippen molar-refractivity contribution in [1.29, 1.82) is 5.26 Å². The van der Waals surface area contributed by atoms with Crippen LogP contribution in [0.2, 0.25) is 0 Å². The fourth-order valence-corrected chi connectivity index (χ4v) is 2.28. The highest BCUT2D eigenvalue weighted by atomic mass is 16.5. The first kappa shape index (κ1) is 12.8. The Morgan fingerprint density at radius 3 is 2.67 bits per heavy atom. The number of nitrogens with zero attached hydrogens (tertiary/aromatic N) is 3. The van der Waals surface area contributed by atoms with E-state index < -0.39 is 0 Å². The Kier molecular flexibility index (Phi) is 3.83. The highest BCUT2D eigenvalue weighted by Gasteiger charge is 2.20. The minimum absolute atomic E-state index is 0.182. The monoisotopic (exact) mass is 245 g/mol. The maximum absolute atomic E-state index is 9.18. The molecule has 96 valence electrons. The average Bonchev–Trinajstić information content (AvgIpc) is 2.32. The van der Waals surface area contributed by atoms with E-state index in [9.17, 15) is 5.26 Å². The standard InChI is InChI=1S/C14H19N3O/c1-10-8-11(2)16-14(13(10)9-15)18-12-4-6-17(3)7-5-12/h8,12H,4-7H2,1-3H3. The highest BCUT2D eigenvalue weighted by Crippen LogP contribution is 2.23. The van der Waals surface area contributed by atoms with Crippen molar-refractivity contribution in [3.8, 4) is 11.9 Å². The lowest BCUT2D eigenvalue weighted by Crippen LogP contribution is -2.36. The summed E-state index contributed by atoms with van der Waals surface area (Å²) >= 11 is 0. The number of nitriles is 1. The molecular formula is C14H19N3O. The fraction of sp³-hybridized carbons (Fsp3) is 0.571. The molecule has 0 saturated carbocycles. The molecule has 4 heteroatoms. The Morgan fingerprint density at radius 1 is 1.39 bits per heavy atom. The molecule has 1 aliphatic rings. The lowest BCUT2D eigenvalue weighted by atomic mass is 10.1. The van der Waals surface area contributed by atoms with Gasteiger partial charge in [-0.3, -0.25) is 0 Å². The van der Waals surface area contributed by atoms with Gasteiger partial charge in [0.2, 0.25) is 5.88 Å². The molecule has 0 bridgehead atoms. The first-order chi connectivity index (χ1) is 8.60.